The Morgan fingerprint density at radius 2 is 2.08 bits per heavy atom. The fraction of sp³-hybridized carbons (Fsp3) is 0.350. The molecule has 1 saturated heterocycles. The lowest BCUT2D eigenvalue weighted by atomic mass is 10.0. The number of carbonyl (C=O) groups excluding carboxylic acids is 1. The fourth-order valence-electron chi connectivity index (χ4n) is 3.61. The zero-order chi connectivity index (χ0) is 16.5. The Bertz CT molecular complexity index is 772. The number of nitrogens with zero attached hydrogens (tertiary/aromatic N) is 1. The number of hydrogen-bond acceptors (Lipinski definition) is 4. The third-order valence-electron chi connectivity index (χ3n) is 4.93. The minimum Gasteiger partial charge on any atom is -0.491 e. The van der Waals surface area contributed by atoms with E-state index in [2.05, 4.69) is 28.4 Å². The fourth-order valence-corrected chi connectivity index (χ4v) is 3.61. The van der Waals surface area contributed by atoms with Gasteiger partial charge >= 0.3 is 0 Å². The molecule has 2 heterocycles. The van der Waals surface area contributed by atoms with Crippen molar-refractivity contribution in [3.8, 4) is 16.9 Å². The molecule has 0 radical (unpaired) electrons. The molecule has 4 nitrogen and oxygen atoms in total. The molecule has 0 aromatic heterocycles. The zero-order valence-corrected chi connectivity index (χ0v) is 13.9. The maximum absolute atomic E-state index is 11.6. The molecule has 2 aliphatic heterocycles. The highest BCUT2D eigenvalue weighted by Crippen LogP contribution is 2.37. The van der Waals surface area contributed by atoms with Crippen molar-refractivity contribution in [3.63, 3.8) is 0 Å². The Hall–Kier alpha value is -2.33. The smallest absolute Gasteiger partial charge is 0.159 e. The molecule has 0 aliphatic carbocycles. The molecule has 4 rings (SSSR count). The van der Waals surface area contributed by atoms with Gasteiger partial charge in [-0.2, -0.15) is 0 Å². The third-order valence-corrected chi connectivity index (χ3v) is 4.93. The van der Waals surface area contributed by atoms with E-state index in [4.69, 9.17) is 4.74 Å². The predicted octanol–water partition coefficient (Wildman–Crippen LogP) is 3.12. The Morgan fingerprint density at radius 1 is 1.21 bits per heavy atom. The standard InChI is InChI=1S/C20H22N2O2/c1-14(23)15-3-2-4-16(11-15)17-5-6-19-20(12-17)24-10-7-18-13-21-8-9-22(18)19/h2-6,11-12,18,21H,7-10,13H2,1H3/t18-/m0/s1. The van der Waals surface area contributed by atoms with Gasteiger partial charge in [-0.1, -0.05) is 24.3 Å². The zero-order valence-electron chi connectivity index (χ0n) is 13.9. The number of benzene rings is 2. The van der Waals surface area contributed by atoms with Gasteiger partial charge in [-0.25, -0.2) is 0 Å². The molecule has 1 N–H and O–H groups in total. The van der Waals surface area contributed by atoms with Gasteiger partial charge < -0.3 is 15.0 Å². The van der Waals surface area contributed by atoms with E-state index in [0.29, 0.717) is 6.04 Å². The lowest BCUT2D eigenvalue weighted by Crippen LogP contribution is -2.51. The highest BCUT2D eigenvalue weighted by molar-refractivity contribution is 5.95. The Labute approximate surface area is 142 Å². The van der Waals surface area contributed by atoms with Crippen LogP contribution in [0.2, 0.25) is 0 Å². The third kappa shape index (κ3) is 2.78. The summed E-state index contributed by atoms with van der Waals surface area (Å²) in [6.07, 6.45) is 1.04. The van der Waals surface area contributed by atoms with Crippen molar-refractivity contribution in [2.75, 3.05) is 31.1 Å². The van der Waals surface area contributed by atoms with Gasteiger partial charge in [0.2, 0.25) is 0 Å². The van der Waals surface area contributed by atoms with Gasteiger partial charge in [-0.15, -0.1) is 0 Å². The summed E-state index contributed by atoms with van der Waals surface area (Å²) < 4.78 is 6.04. The molecule has 1 atom stereocenters. The maximum atomic E-state index is 11.6. The van der Waals surface area contributed by atoms with Crippen LogP contribution in [0.25, 0.3) is 11.1 Å². The maximum Gasteiger partial charge on any atom is 0.159 e. The second kappa shape index (κ2) is 6.29. The second-order valence-corrected chi connectivity index (χ2v) is 6.51. The molecule has 124 valence electrons. The quantitative estimate of drug-likeness (QED) is 0.863. The summed E-state index contributed by atoms with van der Waals surface area (Å²) >= 11 is 0. The average Bonchev–Trinajstić information content (AvgIpc) is 2.80. The van der Waals surface area contributed by atoms with Crippen molar-refractivity contribution in [2.24, 2.45) is 0 Å². The number of anilines is 1. The molecular formula is C20H22N2O2. The normalized spacial score (nSPS) is 19.7. The van der Waals surface area contributed by atoms with E-state index in [1.807, 2.05) is 24.3 Å². The minimum atomic E-state index is 0.0894. The molecule has 2 aromatic rings. The summed E-state index contributed by atoms with van der Waals surface area (Å²) in [5.41, 5.74) is 4.07. The number of fused-ring (bicyclic) bond motifs is 3. The molecule has 24 heavy (non-hydrogen) atoms. The number of rotatable bonds is 2. The Morgan fingerprint density at radius 3 is 2.96 bits per heavy atom. The van der Waals surface area contributed by atoms with Gasteiger partial charge in [-0.05, 0) is 36.2 Å². The first-order chi connectivity index (χ1) is 11.7. The van der Waals surface area contributed by atoms with Crippen LogP contribution in [-0.4, -0.2) is 38.1 Å². The van der Waals surface area contributed by atoms with Crippen molar-refractivity contribution >= 4 is 11.5 Å². The second-order valence-electron chi connectivity index (χ2n) is 6.51. The number of nitrogens with one attached hydrogen (secondary N) is 1. The number of hydrogen-bond donors (Lipinski definition) is 1. The summed E-state index contributed by atoms with van der Waals surface area (Å²) in [6.45, 7) is 5.39. The van der Waals surface area contributed by atoms with Crippen LogP contribution in [-0.2, 0) is 0 Å². The summed E-state index contributed by atoms with van der Waals surface area (Å²) in [5, 5.41) is 3.47. The van der Waals surface area contributed by atoms with Gasteiger partial charge in [0, 0.05) is 37.7 Å². The number of ether oxygens (including phenoxy) is 1. The molecule has 0 saturated carbocycles. The summed E-state index contributed by atoms with van der Waals surface area (Å²) in [7, 11) is 0. The summed E-state index contributed by atoms with van der Waals surface area (Å²) in [5.74, 6) is 1.04. The van der Waals surface area contributed by atoms with E-state index in [1.165, 1.54) is 5.69 Å². The summed E-state index contributed by atoms with van der Waals surface area (Å²) in [6, 6.07) is 14.7. The SMILES string of the molecule is CC(=O)c1cccc(-c2ccc3c(c2)OCC[C@H]2CNCCN32)c1. The van der Waals surface area contributed by atoms with E-state index in [-0.39, 0.29) is 5.78 Å². The van der Waals surface area contributed by atoms with E-state index >= 15 is 0 Å². The minimum absolute atomic E-state index is 0.0894. The summed E-state index contributed by atoms with van der Waals surface area (Å²) in [4.78, 5) is 14.1. The number of piperazine rings is 1. The van der Waals surface area contributed by atoms with E-state index in [1.54, 1.807) is 6.92 Å². The van der Waals surface area contributed by atoms with Crippen molar-refractivity contribution in [2.45, 2.75) is 19.4 Å². The lowest BCUT2D eigenvalue weighted by Gasteiger charge is -2.36. The average molecular weight is 322 g/mol. The van der Waals surface area contributed by atoms with Crippen LogP contribution < -0.4 is 15.0 Å². The van der Waals surface area contributed by atoms with E-state index in [0.717, 1.165) is 55.1 Å². The molecule has 4 heteroatoms. The Balaban J connectivity index is 1.72. The van der Waals surface area contributed by atoms with Crippen molar-refractivity contribution < 1.29 is 9.53 Å². The number of Topliss-reactive ketones (excluding diaryl/α,β-unsaturated/α-hetero) is 1. The molecule has 0 spiro atoms. The van der Waals surface area contributed by atoms with Crippen LogP contribution in [0.4, 0.5) is 5.69 Å². The first-order valence-corrected chi connectivity index (χ1v) is 8.58. The van der Waals surface area contributed by atoms with Gasteiger partial charge in [0.15, 0.2) is 5.78 Å². The molecule has 0 amide bonds. The van der Waals surface area contributed by atoms with Gasteiger partial charge in [0.1, 0.15) is 5.75 Å². The van der Waals surface area contributed by atoms with Crippen LogP contribution in [0.1, 0.15) is 23.7 Å². The largest absolute Gasteiger partial charge is 0.491 e. The number of carbonyl (C=O) groups is 1. The number of ketones is 1. The lowest BCUT2D eigenvalue weighted by molar-refractivity contribution is 0.101. The highest BCUT2D eigenvalue weighted by atomic mass is 16.5. The first-order valence-electron chi connectivity index (χ1n) is 8.58. The highest BCUT2D eigenvalue weighted by Gasteiger charge is 2.27. The van der Waals surface area contributed by atoms with Crippen LogP contribution in [0, 0.1) is 0 Å². The van der Waals surface area contributed by atoms with Gasteiger partial charge in [0.25, 0.3) is 0 Å². The Kier molecular flexibility index (Phi) is 3.98. The van der Waals surface area contributed by atoms with Crippen molar-refractivity contribution in [3.05, 3.63) is 48.0 Å². The predicted molar refractivity (Wildman–Crippen MR) is 96.0 cm³/mol. The van der Waals surface area contributed by atoms with Crippen molar-refractivity contribution in [1.29, 1.82) is 0 Å². The molecule has 2 aromatic carbocycles. The molecule has 1 fully saturated rings. The first kappa shape index (κ1) is 15.2. The van der Waals surface area contributed by atoms with Crippen LogP contribution in [0.3, 0.4) is 0 Å². The van der Waals surface area contributed by atoms with Crippen LogP contribution >= 0.6 is 0 Å². The van der Waals surface area contributed by atoms with Crippen LogP contribution in [0.15, 0.2) is 42.5 Å². The van der Waals surface area contributed by atoms with Crippen LogP contribution in [0.5, 0.6) is 5.75 Å². The topological polar surface area (TPSA) is 41.6 Å². The van der Waals surface area contributed by atoms with Crippen molar-refractivity contribution in [1.82, 2.24) is 5.32 Å². The van der Waals surface area contributed by atoms with Gasteiger partial charge in [-0.3, -0.25) is 4.79 Å². The molecule has 0 unspecified atom stereocenters. The van der Waals surface area contributed by atoms with Gasteiger partial charge in [0.05, 0.1) is 12.3 Å². The molecular weight excluding hydrogens is 300 g/mol. The molecule has 0 bridgehead atoms. The monoisotopic (exact) mass is 322 g/mol. The van der Waals surface area contributed by atoms with E-state index < -0.39 is 0 Å². The molecule has 2 aliphatic rings. The van der Waals surface area contributed by atoms with E-state index in [9.17, 15) is 4.79 Å².